The van der Waals surface area contributed by atoms with Crippen LogP contribution in [0.2, 0.25) is 0 Å². The van der Waals surface area contributed by atoms with Crippen molar-refractivity contribution >= 4 is 35.5 Å². The van der Waals surface area contributed by atoms with E-state index in [-0.39, 0.29) is 5.95 Å². The van der Waals surface area contributed by atoms with Crippen molar-refractivity contribution in [2.75, 3.05) is 5.73 Å². The second-order valence-corrected chi connectivity index (χ2v) is 10.2. The molecule has 3 aromatic heterocycles. The number of hydrogen-bond acceptors (Lipinski definition) is 7. The molecule has 0 radical (unpaired) electrons. The van der Waals surface area contributed by atoms with Crippen LogP contribution >= 0.6 is 12.6 Å². The number of aryl methyl sites for hydroxylation is 1. The van der Waals surface area contributed by atoms with Crippen LogP contribution in [0.1, 0.15) is 72.9 Å². The molecule has 1 atom stereocenters. The summed E-state index contributed by atoms with van der Waals surface area (Å²) in [5.74, 6) is 0.206. The predicted octanol–water partition coefficient (Wildman–Crippen LogP) is 6.89. The van der Waals surface area contributed by atoms with Crippen LogP contribution in [0.3, 0.4) is 0 Å². The van der Waals surface area contributed by atoms with Gasteiger partial charge in [0.25, 0.3) is 0 Å². The molecule has 3 aromatic rings. The molecule has 0 aromatic carbocycles. The molecular formula is C27H40FN7S. The van der Waals surface area contributed by atoms with Crippen LogP contribution in [0.25, 0.3) is 16.8 Å². The summed E-state index contributed by atoms with van der Waals surface area (Å²) < 4.78 is 13.1. The molecule has 7 nitrogen and oxygen atoms in total. The van der Waals surface area contributed by atoms with Gasteiger partial charge in [0.1, 0.15) is 0 Å². The molecule has 196 valence electrons. The first-order valence-electron chi connectivity index (χ1n) is 12.3. The average molecular weight is 514 g/mol. The number of aliphatic imine (C=N–C) groups is 1. The Bertz CT molecular complexity index is 1210. The Balaban J connectivity index is 0.000000268. The van der Waals surface area contributed by atoms with Crippen LogP contribution in [0.4, 0.5) is 16.0 Å². The molecule has 1 aliphatic rings. The Morgan fingerprint density at radius 3 is 2.42 bits per heavy atom. The van der Waals surface area contributed by atoms with Gasteiger partial charge in [0.15, 0.2) is 0 Å². The average Bonchev–Trinajstić information content (AvgIpc) is 3.10. The van der Waals surface area contributed by atoms with E-state index in [0.717, 1.165) is 39.6 Å². The zero-order chi connectivity index (χ0) is 27.0. The summed E-state index contributed by atoms with van der Waals surface area (Å²) >= 11 is 4.43. The van der Waals surface area contributed by atoms with E-state index in [1.165, 1.54) is 19.3 Å². The lowest BCUT2D eigenvalue weighted by Crippen LogP contribution is -2.46. The molecular weight excluding hydrogens is 473 g/mol. The molecule has 3 heterocycles. The van der Waals surface area contributed by atoms with Crippen LogP contribution in [0.15, 0.2) is 46.7 Å². The van der Waals surface area contributed by atoms with Gasteiger partial charge in [-0.05, 0) is 85.4 Å². The molecule has 9 heteroatoms. The van der Waals surface area contributed by atoms with Gasteiger partial charge in [-0.25, -0.2) is 13.9 Å². The van der Waals surface area contributed by atoms with E-state index in [2.05, 4.69) is 51.5 Å². The van der Waals surface area contributed by atoms with E-state index in [0.29, 0.717) is 17.0 Å². The molecule has 1 fully saturated rings. The third kappa shape index (κ3) is 8.33. The lowest BCUT2D eigenvalue weighted by molar-refractivity contribution is 0.228. The number of nitrogen functional groups attached to an aromatic ring is 1. The molecule has 1 saturated carbocycles. The zero-order valence-corrected chi connectivity index (χ0v) is 23.5. The fraction of sp³-hybridized carbons (Fsp3) is 0.481. The number of alkyl halides is 1. The van der Waals surface area contributed by atoms with Crippen LogP contribution in [0.5, 0.6) is 0 Å². The van der Waals surface area contributed by atoms with Crippen molar-refractivity contribution < 1.29 is 4.39 Å². The van der Waals surface area contributed by atoms with E-state index < -0.39 is 6.17 Å². The lowest BCUT2D eigenvalue weighted by Gasteiger charge is -2.40. The lowest BCUT2D eigenvalue weighted by atomic mass is 9.78. The topological polar surface area (TPSA) is 93.5 Å². The summed E-state index contributed by atoms with van der Waals surface area (Å²) in [5, 5.41) is 8.20. The summed E-state index contributed by atoms with van der Waals surface area (Å²) in [6.07, 6.45) is 5.68. The number of pyridine rings is 1. The van der Waals surface area contributed by atoms with E-state index in [4.69, 9.17) is 5.73 Å². The molecule has 0 bridgehead atoms. The number of nitrogens with zero attached hydrogens (tertiary/aromatic N) is 5. The van der Waals surface area contributed by atoms with Gasteiger partial charge >= 0.3 is 0 Å². The highest BCUT2D eigenvalue weighted by Crippen LogP contribution is 2.31. The summed E-state index contributed by atoms with van der Waals surface area (Å²) in [5.41, 5.74) is 12.4. The minimum atomic E-state index is -0.616. The molecule has 0 spiro atoms. The second kappa shape index (κ2) is 12.9. The van der Waals surface area contributed by atoms with Gasteiger partial charge in [0.2, 0.25) is 5.95 Å². The molecule has 3 N–H and O–H groups in total. The fourth-order valence-electron chi connectivity index (χ4n) is 3.60. The maximum Gasteiger partial charge on any atom is 0.238 e. The maximum atomic E-state index is 11.4. The summed E-state index contributed by atoms with van der Waals surface area (Å²) in [4.78, 5) is 13.2. The Morgan fingerprint density at radius 1 is 1.33 bits per heavy atom. The molecule has 1 aliphatic carbocycles. The minimum Gasteiger partial charge on any atom is -0.384 e. The number of thiol groups is 1. The fourth-order valence-corrected chi connectivity index (χ4v) is 3.88. The molecule has 4 rings (SSSR count). The van der Waals surface area contributed by atoms with Crippen molar-refractivity contribution in [2.24, 2.45) is 4.99 Å². The van der Waals surface area contributed by atoms with Gasteiger partial charge < -0.3 is 11.1 Å². The SMILES string of the molecule is C=C(C)NC1(C)CCC1.CC(C)=Nc1ccc(-c2cc(S)n3nc(N)ncc23)nc1C.CCC(C)F. The van der Waals surface area contributed by atoms with Crippen LogP contribution in [0, 0.1) is 6.92 Å². The van der Waals surface area contributed by atoms with Crippen LogP contribution in [-0.4, -0.2) is 37.0 Å². The maximum absolute atomic E-state index is 11.4. The zero-order valence-electron chi connectivity index (χ0n) is 22.6. The van der Waals surface area contributed by atoms with Crippen molar-refractivity contribution in [3.05, 3.63) is 42.4 Å². The molecule has 1 unspecified atom stereocenters. The van der Waals surface area contributed by atoms with Gasteiger partial charge in [0, 0.05) is 22.5 Å². The van der Waals surface area contributed by atoms with E-state index in [1.807, 2.05) is 52.8 Å². The Hall–Kier alpha value is -2.94. The van der Waals surface area contributed by atoms with E-state index in [1.54, 1.807) is 17.6 Å². The van der Waals surface area contributed by atoms with Crippen molar-refractivity contribution in [2.45, 2.75) is 90.9 Å². The highest BCUT2D eigenvalue weighted by Gasteiger charge is 2.30. The number of nitrogens with one attached hydrogen (secondary N) is 1. The molecule has 0 saturated heterocycles. The number of nitrogens with two attached hydrogens (primary N) is 1. The van der Waals surface area contributed by atoms with Gasteiger partial charge in [0.05, 0.1) is 40.0 Å². The third-order valence-electron chi connectivity index (χ3n) is 5.73. The van der Waals surface area contributed by atoms with E-state index >= 15 is 0 Å². The minimum absolute atomic E-state index is 0.206. The first kappa shape index (κ1) is 29.3. The smallest absolute Gasteiger partial charge is 0.238 e. The Labute approximate surface area is 219 Å². The summed E-state index contributed by atoms with van der Waals surface area (Å²) in [6, 6.07) is 5.81. The number of allylic oxidation sites excluding steroid dienone is 1. The van der Waals surface area contributed by atoms with Gasteiger partial charge in [-0.2, -0.15) is 0 Å². The van der Waals surface area contributed by atoms with Gasteiger partial charge in [-0.15, -0.1) is 17.7 Å². The first-order chi connectivity index (χ1) is 16.8. The third-order valence-corrected chi connectivity index (χ3v) is 6.05. The van der Waals surface area contributed by atoms with Gasteiger partial charge in [-0.1, -0.05) is 13.5 Å². The van der Waals surface area contributed by atoms with Crippen LogP contribution < -0.4 is 11.1 Å². The highest BCUT2D eigenvalue weighted by atomic mass is 32.1. The molecule has 36 heavy (non-hydrogen) atoms. The van der Waals surface area contributed by atoms with Crippen LogP contribution in [-0.2, 0) is 0 Å². The number of aromatic nitrogens is 4. The highest BCUT2D eigenvalue weighted by molar-refractivity contribution is 7.80. The predicted molar refractivity (Wildman–Crippen MR) is 152 cm³/mol. The quantitative estimate of drug-likeness (QED) is 0.255. The first-order valence-corrected chi connectivity index (χ1v) is 12.7. The van der Waals surface area contributed by atoms with Crippen molar-refractivity contribution in [1.29, 1.82) is 0 Å². The molecule has 0 aliphatic heterocycles. The normalized spacial score (nSPS) is 14.4. The number of fused-ring (bicyclic) bond motifs is 1. The largest absolute Gasteiger partial charge is 0.384 e. The second-order valence-electron chi connectivity index (χ2n) is 9.70. The summed E-state index contributed by atoms with van der Waals surface area (Å²) in [6.45, 7) is 17.3. The standard InChI is InChI=1S/C15H16N6S.C8H15N.C4H9F/c1-8(2)18-11-4-5-12(19-9(11)3)10-6-14(22)21-13(10)7-17-15(16)20-21;1-7(2)9-8(3)5-4-6-8;1-3-4(2)5/h4-7,22H,1-3H3,(H2,16,20);9H,1,4-6H2,2-3H3;4H,3H2,1-2H3. The monoisotopic (exact) mass is 513 g/mol. The number of halogens is 1. The Kier molecular flexibility index (Phi) is 10.5. The molecule has 0 amide bonds. The number of rotatable bonds is 5. The number of hydrogen-bond donors (Lipinski definition) is 3. The van der Waals surface area contributed by atoms with Crippen molar-refractivity contribution in [1.82, 2.24) is 24.9 Å². The Morgan fingerprint density at radius 2 is 1.97 bits per heavy atom. The van der Waals surface area contributed by atoms with E-state index in [9.17, 15) is 4.39 Å². The summed E-state index contributed by atoms with van der Waals surface area (Å²) in [7, 11) is 0. The number of anilines is 1. The van der Waals surface area contributed by atoms with Crippen molar-refractivity contribution in [3.63, 3.8) is 0 Å². The van der Waals surface area contributed by atoms with Crippen molar-refractivity contribution in [3.8, 4) is 11.3 Å². The van der Waals surface area contributed by atoms with Gasteiger partial charge in [-0.3, -0.25) is 9.98 Å².